The molecule has 1 aromatic heterocycles. The van der Waals surface area contributed by atoms with E-state index in [1.165, 1.54) is 4.90 Å². The number of rotatable bonds is 1. The molecule has 2 amide bonds. The molecule has 118 valence electrons. The predicted octanol–water partition coefficient (Wildman–Crippen LogP) is 2.76. The van der Waals surface area contributed by atoms with Crippen LogP contribution in [-0.2, 0) is 16.0 Å². The molecule has 0 atom stereocenters. The minimum Gasteiger partial charge on any atom is -0.316 e. The molecular formula is C19H15N3O2. The lowest BCUT2D eigenvalue weighted by Gasteiger charge is -2.17. The summed E-state index contributed by atoms with van der Waals surface area (Å²) in [5.41, 5.74) is 3.11. The first-order valence-corrected chi connectivity index (χ1v) is 7.78. The number of aromatic nitrogens is 1. The van der Waals surface area contributed by atoms with Crippen LogP contribution in [0.25, 0.3) is 10.9 Å². The van der Waals surface area contributed by atoms with Crippen molar-refractivity contribution in [3.05, 3.63) is 66.4 Å². The molecule has 0 saturated heterocycles. The summed E-state index contributed by atoms with van der Waals surface area (Å²) >= 11 is 0. The Kier molecular flexibility index (Phi) is 3.46. The molecule has 0 fully saturated rings. The van der Waals surface area contributed by atoms with E-state index in [1.54, 1.807) is 12.3 Å². The third-order valence-electron chi connectivity index (χ3n) is 4.21. The Labute approximate surface area is 138 Å². The molecule has 24 heavy (non-hydrogen) atoms. The number of hydrogen-bond donors (Lipinski definition) is 1. The van der Waals surface area contributed by atoms with Gasteiger partial charge in [-0.1, -0.05) is 36.4 Å². The van der Waals surface area contributed by atoms with Crippen molar-refractivity contribution in [3.63, 3.8) is 0 Å². The molecule has 3 aromatic rings. The summed E-state index contributed by atoms with van der Waals surface area (Å²) in [4.78, 5) is 30.8. The number of fused-ring (bicyclic) bond motifs is 2. The van der Waals surface area contributed by atoms with Crippen molar-refractivity contribution in [1.29, 1.82) is 0 Å². The molecule has 4 rings (SSSR count). The quantitative estimate of drug-likeness (QED) is 0.702. The van der Waals surface area contributed by atoms with Gasteiger partial charge in [-0.25, -0.2) is 0 Å². The van der Waals surface area contributed by atoms with Crippen molar-refractivity contribution >= 4 is 34.1 Å². The van der Waals surface area contributed by atoms with Crippen LogP contribution in [0.2, 0.25) is 0 Å². The Morgan fingerprint density at radius 2 is 1.83 bits per heavy atom. The highest BCUT2D eigenvalue weighted by molar-refractivity contribution is 6.44. The third kappa shape index (κ3) is 2.40. The number of amides is 2. The van der Waals surface area contributed by atoms with Crippen LogP contribution in [0.4, 0.5) is 11.4 Å². The van der Waals surface area contributed by atoms with E-state index in [0.29, 0.717) is 17.7 Å². The van der Waals surface area contributed by atoms with Crippen LogP contribution in [0.1, 0.15) is 5.56 Å². The van der Waals surface area contributed by atoms with E-state index in [1.807, 2.05) is 48.5 Å². The Bertz CT molecular complexity index is 947. The molecule has 1 N–H and O–H groups in total. The molecule has 5 nitrogen and oxygen atoms in total. The summed E-state index contributed by atoms with van der Waals surface area (Å²) in [5, 5.41) is 3.61. The Hall–Kier alpha value is -3.21. The predicted molar refractivity (Wildman–Crippen MR) is 92.9 cm³/mol. The van der Waals surface area contributed by atoms with Crippen LogP contribution in [0.5, 0.6) is 0 Å². The number of benzene rings is 2. The van der Waals surface area contributed by atoms with Crippen LogP contribution in [-0.4, -0.2) is 23.3 Å². The van der Waals surface area contributed by atoms with Gasteiger partial charge in [0.05, 0.1) is 11.2 Å². The van der Waals surface area contributed by atoms with Gasteiger partial charge in [0.15, 0.2) is 0 Å². The molecule has 0 bridgehead atoms. The van der Waals surface area contributed by atoms with Crippen LogP contribution in [0.3, 0.4) is 0 Å². The molecule has 0 aliphatic carbocycles. The number of carbonyl (C=O) groups excluding carboxylic acids is 2. The number of para-hydroxylation sites is 2. The van der Waals surface area contributed by atoms with Crippen molar-refractivity contribution in [2.45, 2.75) is 6.42 Å². The summed E-state index contributed by atoms with van der Waals surface area (Å²) in [6.45, 7) is 0.527. The van der Waals surface area contributed by atoms with Gasteiger partial charge < -0.3 is 10.2 Å². The van der Waals surface area contributed by atoms with Gasteiger partial charge in [-0.15, -0.1) is 0 Å². The van der Waals surface area contributed by atoms with E-state index in [-0.39, 0.29) is 0 Å². The zero-order chi connectivity index (χ0) is 16.5. The highest BCUT2D eigenvalue weighted by Gasteiger charge is 2.29. The molecule has 1 aliphatic rings. The van der Waals surface area contributed by atoms with E-state index in [2.05, 4.69) is 10.3 Å². The lowest BCUT2D eigenvalue weighted by atomic mass is 10.2. The Balaban J connectivity index is 1.59. The van der Waals surface area contributed by atoms with Crippen molar-refractivity contribution in [2.24, 2.45) is 0 Å². The second kappa shape index (κ2) is 5.77. The van der Waals surface area contributed by atoms with Crippen molar-refractivity contribution in [3.8, 4) is 0 Å². The van der Waals surface area contributed by atoms with Gasteiger partial charge in [0, 0.05) is 23.8 Å². The van der Waals surface area contributed by atoms with E-state index in [9.17, 15) is 9.59 Å². The fourth-order valence-corrected chi connectivity index (χ4v) is 3.05. The summed E-state index contributed by atoms with van der Waals surface area (Å²) in [5.74, 6) is -1.20. The minimum absolute atomic E-state index is 0.527. The van der Waals surface area contributed by atoms with Gasteiger partial charge >= 0.3 is 11.8 Å². The number of anilines is 2. The van der Waals surface area contributed by atoms with Gasteiger partial charge in [0.1, 0.15) is 0 Å². The number of pyridine rings is 1. The molecule has 0 saturated carbocycles. The van der Waals surface area contributed by atoms with E-state index in [4.69, 9.17) is 0 Å². The highest BCUT2D eigenvalue weighted by Crippen LogP contribution is 2.28. The fraction of sp³-hybridized carbons (Fsp3) is 0.105. The number of carbonyl (C=O) groups is 2. The summed E-state index contributed by atoms with van der Waals surface area (Å²) in [7, 11) is 0. The largest absolute Gasteiger partial charge is 0.316 e. The molecule has 0 unspecified atom stereocenters. The molecule has 2 heterocycles. The smallest absolute Gasteiger partial charge is 0.316 e. The average Bonchev–Trinajstić information content (AvgIpc) is 3.05. The van der Waals surface area contributed by atoms with Crippen LogP contribution < -0.4 is 10.2 Å². The van der Waals surface area contributed by atoms with Gasteiger partial charge in [-0.05, 0) is 30.2 Å². The molecular weight excluding hydrogens is 302 g/mol. The monoisotopic (exact) mass is 317 g/mol. The van der Waals surface area contributed by atoms with Crippen molar-refractivity contribution < 1.29 is 9.59 Å². The SMILES string of the molecule is O=C(Nc1cccc2cccnc12)C(=O)N1CCc2ccccc21. The first-order valence-electron chi connectivity index (χ1n) is 7.78. The van der Waals surface area contributed by atoms with E-state index in [0.717, 1.165) is 23.1 Å². The summed E-state index contributed by atoms with van der Waals surface area (Å²) in [6, 6.07) is 16.9. The second-order valence-electron chi connectivity index (χ2n) is 5.67. The maximum Gasteiger partial charge on any atom is 0.316 e. The zero-order valence-corrected chi connectivity index (χ0v) is 12.9. The first kappa shape index (κ1) is 14.4. The van der Waals surface area contributed by atoms with Gasteiger partial charge in [-0.3, -0.25) is 14.6 Å². The van der Waals surface area contributed by atoms with E-state index >= 15 is 0 Å². The molecule has 0 spiro atoms. The second-order valence-corrected chi connectivity index (χ2v) is 5.67. The van der Waals surface area contributed by atoms with Gasteiger partial charge in [0.25, 0.3) is 0 Å². The topological polar surface area (TPSA) is 62.3 Å². The van der Waals surface area contributed by atoms with E-state index < -0.39 is 11.8 Å². The van der Waals surface area contributed by atoms with Crippen LogP contribution >= 0.6 is 0 Å². The lowest BCUT2D eigenvalue weighted by Crippen LogP contribution is -2.38. The van der Waals surface area contributed by atoms with Gasteiger partial charge in [0.2, 0.25) is 0 Å². The van der Waals surface area contributed by atoms with Crippen molar-refractivity contribution in [2.75, 3.05) is 16.8 Å². The maximum absolute atomic E-state index is 12.5. The number of nitrogens with zero attached hydrogens (tertiary/aromatic N) is 2. The van der Waals surface area contributed by atoms with Gasteiger partial charge in [-0.2, -0.15) is 0 Å². The molecule has 5 heteroatoms. The fourth-order valence-electron chi connectivity index (χ4n) is 3.05. The Morgan fingerprint density at radius 3 is 2.75 bits per heavy atom. The third-order valence-corrected chi connectivity index (χ3v) is 4.21. The zero-order valence-electron chi connectivity index (χ0n) is 12.9. The maximum atomic E-state index is 12.5. The van der Waals surface area contributed by atoms with Crippen molar-refractivity contribution in [1.82, 2.24) is 4.98 Å². The summed E-state index contributed by atoms with van der Waals surface area (Å²) in [6.07, 6.45) is 2.43. The molecule has 0 radical (unpaired) electrons. The summed E-state index contributed by atoms with van der Waals surface area (Å²) < 4.78 is 0. The Morgan fingerprint density at radius 1 is 1.00 bits per heavy atom. The normalized spacial score (nSPS) is 12.9. The minimum atomic E-state index is -0.648. The molecule has 1 aliphatic heterocycles. The molecule has 2 aromatic carbocycles. The highest BCUT2D eigenvalue weighted by atomic mass is 16.2. The van der Waals surface area contributed by atoms with Crippen LogP contribution in [0, 0.1) is 0 Å². The standard InChI is InChI=1S/C19H15N3O2/c23-18(19(24)22-12-10-13-5-1-2-9-16(13)22)21-15-8-3-6-14-7-4-11-20-17(14)15/h1-9,11H,10,12H2,(H,21,23). The lowest BCUT2D eigenvalue weighted by molar-refractivity contribution is -0.134. The van der Waals surface area contributed by atoms with Crippen LogP contribution in [0.15, 0.2) is 60.8 Å². The average molecular weight is 317 g/mol. The number of nitrogens with one attached hydrogen (secondary N) is 1. The number of hydrogen-bond acceptors (Lipinski definition) is 3. The first-order chi connectivity index (χ1) is 11.7.